The third-order valence-electron chi connectivity index (χ3n) is 8.57. The third-order valence-corrected chi connectivity index (χ3v) is 8.57. The molecule has 0 aliphatic carbocycles. The van der Waals surface area contributed by atoms with E-state index in [1.165, 1.54) is 0 Å². The van der Waals surface area contributed by atoms with E-state index in [0.29, 0.717) is 13.2 Å². The zero-order valence-electron chi connectivity index (χ0n) is 24.1. The standard InChI is InChI=1S/C32H43N3O4/c1-6-7-12-35-29-10-8-25(31(36)23(4)33-13-15-38-21(2)19-33)17-27(29)28-18-26(9-11-30(28)35)32(37)24(5)34-14-16-39-22(3)20-34/h8-11,17-18,21-24H,6-7,12-16,19-20H2,1-5H3. The summed E-state index contributed by atoms with van der Waals surface area (Å²) >= 11 is 0. The van der Waals surface area contributed by atoms with Crippen molar-refractivity contribution in [2.75, 3.05) is 39.4 Å². The number of hydrogen-bond acceptors (Lipinski definition) is 6. The van der Waals surface area contributed by atoms with Crippen molar-refractivity contribution in [3.05, 3.63) is 47.5 Å². The van der Waals surface area contributed by atoms with Crippen LogP contribution in [0.1, 0.15) is 68.2 Å². The van der Waals surface area contributed by atoms with Crippen molar-refractivity contribution < 1.29 is 19.1 Å². The van der Waals surface area contributed by atoms with Gasteiger partial charge in [-0.3, -0.25) is 19.4 Å². The van der Waals surface area contributed by atoms with Crippen LogP contribution in [0.15, 0.2) is 36.4 Å². The highest BCUT2D eigenvalue weighted by Gasteiger charge is 2.29. The van der Waals surface area contributed by atoms with Crippen LogP contribution in [0.3, 0.4) is 0 Å². The van der Waals surface area contributed by atoms with Crippen LogP contribution in [0.25, 0.3) is 21.8 Å². The Morgan fingerprint density at radius 1 is 0.821 bits per heavy atom. The summed E-state index contributed by atoms with van der Waals surface area (Å²) in [6, 6.07) is 11.8. The Hall–Kier alpha value is -2.58. The first-order valence-electron chi connectivity index (χ1n) is 14.6. The molecule has 0 spiro atoms. The SMILES string of the molecule is CCCCn1c2ccc(C(=O)C(C)N3CCOC(C)C3)cc2c2cc(C(=O)C(C)N3CCOC(C)C3)ccc21. The van der Waals surface area contributed by atoms with E-state index in [-0.39, 0.29) is 35.9 Å². The fourth-order valence-corrected chi connectivity index (χ4v) is 6.18. The smallest absolute Gasteiger partial charge is 0.179 e. The van der Waals surface area contributed by atoms with Crippen molar-refractivity contribution >= 4 is 33.4 Å². The number of nitrogens with zero attached hydrogens (tertiary/aromatic N) is 3. The second kappa shape index (κ2) is 11.9. The lowest BCUT2D eigenvalue weighted by Crippen LogP contribution is -2.48. The van der Waals surface area contributed by atoms with Gasteiger partial charge < -0.3 is 14.0 Å². The van der Waals surface area contributed by atoms with Gasteiger partial charge in [-0.1, -0.05) is 13.3 Å². The quantitative estimate of drug-likeness (QED) is 0.353. The van der Waals surface area contributed by atoms with E-state index in [1.54, 1.807) is 0 Å². The van der Waals surface area contributed by atoms with Gasteiger partial charge >= 0.3 is 0 Å². The number of aryl methyl sites for hydroxylation is 1. The van der Waals surface area contributed by atoms with Gasteiger partial charge in [0.1, 0.15) is 0 Å². The average molecular weight is 534 g/mol. The first kappa shape index (κ1) is 28.0. The molecule has 3 heterocycles. The number of morpholine rings is 2. The molecule has 7 heteroatoms. The molecule has 0 N–H and O–H groups in total. The van der Waals surface area contributed by atoms with Gasteiger partial charge in [-0.15, -0.1) is 0 Å². The van der Waals surface area contributed by atoms with E-state index in [1.807, 2.05) is 38.1 Å². The molecule has 2 aliphatic heterocycles. The van der Waals surface area contributed by atoms with E-state index >= 15 is 0 Å². The van der Waals surface area contributed by atoms with Crippen molar-refractivity contribution in [1.82, 2.24) is 14.4 Å². The van der Waals surface area contributed by atoms with Crippen LogP contribution in [-0.2, 0) is 16.0 Å². The monoisotopic (exact) mass is 533 g/mol. The highest BCUT2D eigenvalue weighted by molar-refractivity contribution is 6.14. The second-order valence-corrected chi connectivity index (χ2v) is 11.4. The minimum atomic E-state index is -0.212. The van der Waals surface area contributed by atoms with Crippen molar-refractivity contribution in [2.24, 2.45) is 0 Å². The Morgan fingerprint density at radius 2 is 1.28 bits per heavy atom. The Balaban J connectivity index is 1.51. The number of ether oxygens (including phenoxy) is 2. The molecule has 39 heavy (non-hydrogen) atoms. The molecular formula is C32H43N3O4. The van der Waals surface area contributed by atoms with E-state index < -0.39 is 0 Å². The molecule has 5 rings (SSSR count). The number of carbonyl (C=O) groups is 2. The van der Waals surface area contributed by atoms with Crippen molar-refractivity contribution in [2.45, 2.75) is 78.3 Å². The summed E-state index contributed by atoms with van der Waals surface area (Å²) in [6.07, 6.45) is 2.43. The van der Waals surface area contributed by atoms with Crippen LogP contribution >= 0.6 is 0 Å². The molecule has 7 nitrogen and oxygen atoms in total. The zero-order valence-corrected chi connectivity index (χ0v) is 24.1. The summed E-state index contributed by atoms with van der Waals surface area (Å²) in [7, 11) is 0. The molecule has 3 aromatic rings. The largest absolute Gasteiger partial charge is 0.376 e. The molecule has 4 atom stereocenters. The van der Waals surface area contributed by atoms with Gasteiger partial charge in [0.25, 0.3) is 0 Å². The van der Waals surface area contributed by atoms with Gasteiger partial charge in [-0.25, -0.2) is 0 Å². The van der Waals surface area contributed by atoms with E-state index in [0.717, 1.165) is 78.5 Å². The highest BCUT2D eigenvalue weighted by Crippen LogP contribution is 2.32. The van der Waals surface area contributed by atoms with Crippen molar-refractivity contribution in [1.29, 1.82) is 0 Å². The topological polar surface area (TPSA) is 64.0 Å². The molecule has 0 amide bonds. The van der Waals surface area contributed by atoms with Crippen molar-refractivity contribution in [3.8, 4) is 0 Å². The number of aromatic nitrogens is 1. The molecule has 2 aromatic carbocycles. The zero-order chi connectivity index (χ0) is 27.7. The van der Waals surface area contributed by atoms with Crippen LogP contribution in [0.5, 0.6) is 0 Å². The van der Waals surface area contributed by atoms with Gasteiger partial charge in [0.15, 0.2) is 11.6 Å². The van der Waals surface area contributed by atoms with E-state index in [4.69, 9.17) is 9.47 Å². The van der Waals surface area contributed by atoms with E-state index in [2.05, 4.69) is 47.3 Å². The highest BCUT2D eigenvalue weighted by atomic mass is 16.5. The number of fused-ring (bicyclic) bond motifs is 3. The first-order valence-corrected chi connectivity index (χ1v) is 14.6. The number of hydrogen-bond donors (Lipinski definition) is 0. The summed E-state index contributed by atoms with van der Waals surface area (Å²) in [5.74, 6) is 0.255. The molecule has 2 fully saturated rings. The fraction of sp³-hybridized carbons (Fsp3) is 0.562. The third kappa shape index (κ3) is 5.68. The summed E-state index contributed by atoms with van der Waals surface area (Å²) in [5.41, 5.74) is 3.66. The summed E-state index contributed by atoms with van der Waals surface area (Å²) in [5, 5.41) is 2.08. The Morgan fingerprint density at radius 3 is 1.69 bits per heavy atom. The van der Waals surface area contributed by atoms with Gasteiger partial charge in [0.2, 0.25) is 0 Å². The molecular weight excluding hydrogens is 490 g/mol. The molecule has 2 aliphatic rings. The van der Waals surface area contributed by atoms with Crippen molar-refractivity contribution in [3.63, 3.8) is 0 Å². The Labute approximate surface area is 232 Å². The minimum absolute atomic E-state index is 0.128. The average Bonchev–Trinajstić information content (AvgIpc) is 3.26. The lowest BCUT2D eigenvalue weighted by molar-refractivity contribution is -0.0279. The van der Waals surface area contributed by atoms with Crippen LogP contribution < -0.4 is 0 Å². The lowest BCUT2D eigenvalue weighted by atomic mass is 9.98. The molecule has 1 aromatic heterocycles. The van der Waals surface area contributed by atoms with Gasteiger partial charge in [0.05, 0.1) is 37.5 Å². The molecule has 0 radical (unpaired) electrons. The lowest BCUT2D eigenvalue weighted by Gasteiger charge is -2.34. The van der Waals surface area contributed by atoms with Crippen LogP contribution in [0, 0.1) is 0 Å². The predicted molar refractivity (Wildman–Crippen MR) is 156 cm³/mol. The summed E-state index contributed by atoms with van der Waals surface area (Å²) in [4.78, 5) is 31.7. The predicted octanol–water partition coefficient (Wildman–Crippen LogP) is 5.18. The summed E-state index contributed by atoms with van der Waals surface area (Å²) < 4.78 is 13.7. The maximum atomic E-state index is 13.6. The normalized spacial score (nSPS) is 22.8. The van der Waals surface area contributed by atoms with Gasteiger partial charge in [0, 0.05) is 65.7 Å². The number of carbonyl (C=O) groups excluding carboxylic acids is 2. The maximum absolute atomic E-state index is 13.6. The summed E-state index contributed by atoms with van der Waals surface area (Å²) in [6.45, 7) is 15.6. The van der Waals surface area contributed by atoms with Crippen LogP contribution in [0.4, 0.5) is 0 Å². The maximum Gasteiger partial charge on any atom is 0.179 e. The molecule has 0 bridgehead atoms. The van der Waals surface area contributed by atoms with Gasteiger partial charge in [-0.2, -0.15) is 0 Å². The molecule has 0 saturated carbocycles. The van der Waals surface area contributed by atoms with Gasteiger partial charge in [-0.05, 0) is 70.5 Å². The molecule has 2 saturated heterocycles. The minimum Gasteiger partial charge on any atom is -0.376 e. The molecule has 210 valence electrons. The fourth-order valence-electron chi connectivity index (χ4n) is 6.18. The number of unbranched alkanes of at least 4 members (excludes halogenated alkanes) is 1. The second-order valence-electron chi connectivity index (χ2n) is 11.4. The number of rotatable bonds is 9. The Bertz CT molecular complexity index is 1250. The molecule has 4 unspecified atom stereocenters. The number of ketones is 2. The van der Waals surface area contributed by atoms with Crippen LogP contribution in [-0.4, -0.2) is 89.6 Å². The van der Waals surface area contributed by atoms with Crippen LogP contribution in [0.2, 0.25) is 0 Å². The Kier molecular flexibility index (Phi) is 8.52. The number of Topliss-reactive ketones (excluding diaryl/α,β-unsaturated/α-hetero) is 2. The number of benzene rings is 2. The first-order chi connectivity index (χ1) is 18.8. The van der Waals surface area contributed by atoms with E-state index in [9.17, 15) is 9.59 Å².